The van der Waals surface area contributed by atoms with Crippen LogP contribution in [0, 0.1) is 5.41 Å². The topological polar surface area (TPSA) is 15.3 Å². The summed E-state index contributed by atoms with van der Waals surface area (Å²) in [6.45, 7) is 12.7. The zero-order valence-electron chi connectivity index (χ0n) is 12.3. The van der Waals surface area contributed by atoms with Crippen molar-refractivity contribution in [2.24, 2.45) is 5.41 Å². The monoisotopic (exact) mass is 238 g/mol. The van der Waals surface area contributed by atoms with Crippen LogP contribution in [0.25, 0.3) is 0 Å². The van der Waals surface area contributed by atoms with E-state index in [-0.39, 0.29) is 0 Å². The third-order valence-corrected chi connectivity index (χ3v) is 3.97. The lowest BCUT2D eigenvalue weighted by atomic mass is 9.83. The first-order valence-electron chi connectivity index (χ1n) is 6.97. The molecule has 1 aliphatic heterocycles. The number of allylic oxidation sites excluding steroid dienone is 1. The molecule has 1 atom stereocenters. The smallest absolute Gasteiger partial charge is 0.0131 e. The van der Waals surface area contributed by atoms with Crippen LogP contribution in [-0.2, 0) is 0 Å². The predicted octanol–water partition coefficient (Wildman–Crippen LogP) is 3.05. The molecular formula is C15H30N2. The molecule has 1 saturated heterocycles. The van der Waals surface area contributed by atoms with Gasteiger partial charge in [-0.1, -0.05) is 25.5 Å². The van der Waals surface area contributed by atoms with E-state index in [1.807, 2.05) is 0 Å². The Morgan fingerprint density at radius 1 is 1.35 bits per heavy atom. The molecular weight excluding hydrogens is 208 g/mol. The van der Waals surface area contributed by atoms with E-state index in [4.69, 9.17) is 0 Å². The molecule has 0 aromatic rings. The zero-order valence-corrected chi connectivity index (χ0v) is 12.3. The maximum absolute atomic E-state index is 3.64. The molecule has 1 N–H and O–H groups in total. The summed E-state index contributed by atoms with van der Waals surface area (Å²) in [6.07, 6.45) is 6.10. The lowest BCUT2D eigenvalue weighted by Gasteiger charge is -2.28. The molecule has 0 radical (unpaired) electrons. The van der Waals surface area contributed by atoms with Crippen molar-refractivity contribution in [3.05, 3.63) is 11.6 Å². The van der Waals surface area contributed by atoms with Gasteiger partial charge in [0.2, 0.25) is 0 Å². The van der Waals surface area contributed by atoms with Crippen molar-refractivity contribution < 1.29 is 0 Å². The molecule has 0 saturated carbocycles. The van der Waals surface area contributed by atoms with Crippen LogP contribution in [0.15, 0.2) is 11.6 Å². The third-order valence-electron chi connectivity index (χ3n) is 3.97. The molecule has 1 fully saturated rings. The molecule has 0 aromatic carbocycles. The van der Waals surface area contributed by atoms with Crippen LogP contribution in [0.1, 0.15) is 47.0 Å². The summed E-state index contributed by atoms with van der Waals surface area (Å²) in [5.41, 5.74) is 1.91. The van der Waals surface area contributed by atoms with Gasteiger partial charge in [0.05, 0.1) is 0 Å². The van der Waals surface area contributed by atoms with Crippen molar-refractivity contribution in [1.82, 2.24) is 10.2 Å². The van der Waals surface area contributed by atoms with Crippen LogP contribution >= 0.6 is 0 Å². The molecule has 0 aromatic heterocycles. The van der Waals surface area contributed by atoms with Gasteiger partial charge in [-0.2, -0.15) is 0 Å². The SMILES string of the molecule is CC(C)=CCCN(C)CCC1NCCC1(C)C. The molecule has 2 nitrogen and oxygen atoms in total. The standard InChI is InChI=1S/C15H30N2/c1-13(2)7-6-11-17(5)12-8-14-15(3,4)9-10-16-14/h7,14,16H,6,8-12H2,1-5H3. The Morgan fingerprint density at radius 3 is 2.59 bits per heavy atom. The van der Waals surface area contributed by atoms with E-state index in [9.17, 15) is 0 Å². The first-order chi connectivity index (χ1) is 7.92. The summed E-state index contributed by atoms with van der Waals surface area (Å²) in [4.78, 5) is 2.45. The van der Waals surface area contributed by atoms with Crippen LogP contribution in [0.3, 0.4) is 0 Å². The van der Waals surface area contributed by atoms with E-state index in [0.717, 1.165) is 0 Å². The van der Waals surface area contributed by atoms with E-state index >= 15 is 0 Å². The minimum atomic E-state index is 0.487. The van der Waals surface area contributed by atoms with Crippen LogP contribution in [0.5, 0.6) is 0 Å². The van der Waals surface area contributed by atoms with Gasteiger partial charge < -0.3 is 10.2 Å². The number of hydrogen-bond acceptors (Lipinski definition) is 2. The molecule has 17 heavy (non-hydrogen) atoms. The lowest BCUT2D eigenvalue weighted by molar-refractivity contribution is 0.253. The Hall–Kier alpha value is -0.340. The van der Waals surface area contributed by atoms with Crippen molar-refractivity contribution >= 4 is 0 Å². The third kappa shape index (κ3) is 5.22. The maximum Gasteiger partial charge on any atom is 0.0131 e. The lowest BCUT2D eigenvalue weighted by Crippen LogP contribution is -2.36. The summed E-state index contributed by atoms with van der Waals surface area (Å²) in [6, 6.07) is 0.702. The van der Waals surface area contributed by atoms with Crippen molar-refractivity contribution in [1.29, 1.82) is 0 Å². The highest BCUT2D eigenvalue weighted by Gasteiger charge is 2.33. The molecule has 1 unspecified atom stereocenters. The van der Waals surface area contributed by atoms with Crippen molar-refractivity contribution in [2.75, 3.05) is 26.7 Å². The molecule has 1 heterocycles. The first kappa shape index (κ1) is 14.7. The molecule has 1 rings (SSSR count). The Balaban J connectivity index is 2.19. The summed E-state index contributed by atoms with van der Waals surface area (Å²) in [5, 5.41) is 3.64. The van der Waals surface area contributed by atoms with Gasteiger partial charge in [-0.05, 0) is 58.7 Å². The van der Waals surface area contributed by atoms with E-state index in [2.05, 4.69) is 51.0 Å². The normalized spacial score (nSPS) is 23.1. The average molecular weight is 238 g/mol. The van der Waals surface area contributed by atoms with Gasteiger partial charge in [0.1, 0.15) is 0 Å². The molecule has 2 heteroatoms. The second-order valence-corrected chi connectivity index (χ2v) is 6.41. The summed E-state index contributed by atoms with van der Waals surface area (Å²) in [7, 11) is 2.24. The van der Waals surface area contributed by atoms with Crippen molar-refractivity contribution in [3.8, 4) is 0 Å². The quantitative estimate of drug-likeness (QED) is 0.716. The van der Waals surface area contributed by atoms with Gasteiger partial charge in [-0.15, -0.1) is 0 Å². The van der Waals surface area contributed by atoms with Crippen molar-refractivity contribution in [3.63, 3.8) is 0 Å². The highest BCUT2D eigenvalue weighted by Crippen LogP contribution is 2.31. The number of nitrogens with zero attached hydrogens (tertiary/aromatic N) is 1. The van der Waals surface area contributed by atoms with Crippen LogP contribution in [0.4, 0.5) is 0 Å². The van der Waals surface area contributed by atoms with Gasteiger partial charge in [-0.3, -0.25) is 0 Å². The van der Waals surface area contributed by atoms with Gasteiger partial charge in [0.15, 0.2) is 0 Å². The fraction of sp³-hybridized carbons (Fsp3) is 0.867. The maximum atomic E-state index is 3.64. The predicted molar refractivity (Wildman–Crippen MR) is 76.4 cm³/mol. The molecule has 1 aliphatic rings. The summed E-state index contributed by atoms with van der Waals surface area (Å²) < 4.78 is 0. The van der Waals surface area contributed by atoms with Crippen molar-refractivity contribution in [2.45, 2.75) is 53.0 Å². The van der Waals surface area contributed by atoms with Crippen LogP contribution in [-0.4, -0.2) is 37.6 Å². The summed E-state index contributed by atoms with van der Waals surface area (Å²) >= 11 is 0. The van der Waals surface area contributed by atoms with E-state index < -0.39 is 0 Å². The first-order valence-corrected chi connectivity index (χ1v) is 6.97. The van der Waals surface area contributed by atoms with Crippen LogP contribution in [0.2, 0.25) is 0 Å². The van der Waals surface area contributed by atoms with Gasteiger partial charge in [0.25, 0.3) is 0 Å². The fourth-order valence-electron chi connectivity index (χ4n) is 2.55. The van der Waals surface area contributed by atoms with E-state index in [1.165, 1.54) is 44.5 Å². The Kier molecular flexibility index (Phi) is 5.68. The number of nitrogens with one attached hydrogen (secondary N) is 1. The second kappa shape index (κ2) is 6.55. The Labute approximate surface area is 107 Å². The molecule has 0 spiro atoms. The zero-order chi connectivity index (χ0) is 12.9. The molecule has 0 amide bonds. The summed E-state index contributed by atoms with van der Waals surface area (Å²) in [5.74, 6) is 0. The van der Waals surface area contributed by atoms with E-state index in [1.54, 1.807) is 0 Å². The number of rotatable bonds is 6. The average Bonchev–Trinajstić information content (AvgIpc) is 2.54. The Morgan fingerprint density at radius 2 is 2.06 bits per heavy atom. The van der Waals surface area contributed by atoms with Crippen LogP contribution < -0.4 is 5.32 Å². The molecule has 0 aliphatic carbocycles. The minimum absolute atomic E-state index is 0.487. The molecule has 0 bridgehead atoms. The number of hydrogen-bond donors (Lipinski definition) is 1. The minimum Gasteiger partial charge on any atom is -0.313 e. The largest absolute Gasteiger partial charge is 0.313 e. The Bertz CT molecular complexity index is 252. The second-order valence-electron chi connectivity index (χ2n) is 6.41. The molecule has 100 valence electrons. The highest BCUT2D eigenvalue weighted by molar-refractivity contribution is 4.93. The van der Waals surface area contributed by atoms with Gasteiger partial charge >= 0.3 is 0 Å². The fourth-order valence-corrected chi connectivity index (χ4v) is 2.55. The van der Waals surface area contributed by atoms with Gasteiger partial charge in [0, 0.05) is 12.6 Å². The van der Waals surface area contributed by atoms with E-state index in [0.29, 0.717) is 11.5 Å². The highest BCUT2D eigenvalue weighted by atomic mass is 15.1. The van der Waals surface area contributed by atoms with Gasteiger partial charge in [-0.25, -0.2) is 0 Å².